The highest BCUT2D eigenvalue weighted by Crippen LogP contribution is 2.39. The Labute approximate surface area is 93.1 Å². The van der Waals surface area contributed by atoms with Gasteiger partial charge in [0.05, 0.1) is 17.4 Å². The summed E-state index contributed by atoms with van der Waals surface area (Å²) in [6, 6.07) is 0. The number of methoxy groups -OCH3 is 1. The van der Waals surface area contributed by atoms with Crippen LogP contribution in [0.3, 0.4) is 0 Å². The van der Waals surface area contributed by atoms with Gasteiger partial charge in [0.25, 0.3) is 0 Å². The summed E-state index contributed by atoms with van der Waals surface area (Å²) in [5, 5.41) is 0. The summed E-state index contributed by atoms with van der Waals surface area (Å²) in [5.41, 5.74) is 2.21. The molecule has 0 saturated heterocycles. The van der Waals surface area contributed by atoms with Crippen molar-refractivity contribution >= 4 is 21.9 Å². The van der Waals surface area contributed by atoms with Crippen LogP contribution in [0.25, 0.3) is 0 Å². The number of rotatable bonds is 1. The Kier molecular flexibility index (Phi) is 3.20. The van der Waals surface area contributed by atoms with Gasteiger partial charge < -0.3 is 4.74 Å². The molecule has 0 heterocycles. The van der Waals surface area contributed by atoms with Gasteiger partial charge in [0.2, 0.25) is 0 Å². The minimum atomic E-state index is -0.330. The summed E-state index contributed by atoms with van der Waals surface area (Å²) in [7, 11) is 1.42. The van der Waals surface area contributed by atoms with Crippen LogP contribution in [-0.4, -0.2) is 17.4 Å². The van der Waals surface area contributed by atoms with E-state index in [0.29, 0.717) is 0 Å². The standard InChI is InChI=1S/C11H15BrO2/c1-7-5-8(2)9(10(13)14-4)11(3,12)6-7/h5-6,9H,1-4H3. The van der Waals surface area contributed by atoms with Crippen molar-refractivity contribution in [3.63, 3.8) is 0 Å². The lowest BCUT2D eigenvalue weighted by Gasteiger charge is -2.32. The zero-order valence-electron chi connectivity index (χ0n) is 8.93. The molecule has 0 radical (unpaired) electrons. The molecule has 14 heavy (non-hydrogen) atoms. The maximum atomic E-state index is 11.6. The molecule has 0 N–H and O–H groups in total. The number of ether oxygens (including phenoxy) is 1. The summed E-state index contributed by atoms with van der Waals surface area (Å²) in [6.45, 7) is 5.96. The molecular weight excluding hydrogens is 244 g/mol. The van der Waals surface area contributed by atoms with Gasteiger partial charge in [-0.25, -0.2) is 0 Å². The third-order valence-electron chi connectivity index (χ3n) is 2.42. The number of alkyl halides is 1. The van der Waals surface area contributed by atoms with Gasteiger partial charge in [-0.3, -0.25) is 4.79 Å². The van der Waals surface area contributed by atoms with E-state index in [2.05, 4.69) is 15.9 Å². The molecule has 0 amide bonds. The molecule has 2 nitrogen and oxygen atoms in total. The summed E-state index contributed by atoms with van der Waals surface area (Å²) in [5.74, 6) is -0.418. The van der Waals surface area contributed by atoms with Crippen LogP contribution in [0.2, 0.25) is 0 Å². The molecule has 1 rings (SSSR count). The minimum absolute atomic E-state index is 0.193. The van der Waals surface area contributed by atoms with Crippen LogP contribution in [0.1, 0.15) is 20.8 Å². The maximum absolute atomic E-state index is 11.6. The fourth-order valence-electron chi connectivity index (χ4n) is 1.99. The molecule has 2 unspecified atom stereocenters. The van der Waals surface area contributed by atoms with Crippen molar-refractivity contribution in [1.82, 2.24) is 0 Å². The Balaban J connectivity index is 3.08. The van der Waals surface area contributed by atoms with Crippen LogP contribution < -0.4 is 0 Å². The molecule has 0 bridgehead atoms. The van der Waals surface area contributed by atoms with E-state index in [-0.39, 0.29) is 16.2 Å². The molecule has 0 aliphatic heterocycles. The van der Waals surface area contributed by atoms with Crippen molar-refractivity contribution in [2.24, 2.45) is 5.92 Å². The largest absolute Gasteiger partial charge is 0.469 e. The second-order valence-electron chi connectivity index (χ2n) is 3.88. The van der Waals surface area contributed by atoms with Crippen LogP contribution in [0.4, 0.5) is 0 Å². The molecule has 1 aliphatic carbocycles. The lowest BCUT2D eigenvalue weighted by molar-refractivity contribution is -0.144. The zero-order chi connectivity index (χ0) is 10.9. The van der Waals surface area contributed by atoms with Gasteiger partial charge in [-0.15, -0.1) is 0 Å². The Bertz CT molecular complexity index is 313. The van der Waals surface area contributed by atoms with Gasteiger partial charge in [0, 0.05) is 0 Å². The maximum Gasteiger partial charge on any atom is 0.314 e. The molecule has 0 fully saturated rings. The number of carbonyl (C=O) groups is 1. The van der Waals surface area contributed by atoms with Gasteiger partial charge in [0.1, 0.15) is 0 Å². The normalized spacial score (nSPS) is 31.9. The first kappa shape index (κ1) is 11.5. The predicted octanol–water partition coefficient (Wildman–Crippen LogP) is 2.84. The molecular formula is C11H15BrO2. The van der Waals surface area contributed by atoms with Crippen molar-refractivity contribution in [3.05, 3.63) is 23.3 Å². The molecule has 0 spiro atoms. The zero-order valence-corrected chi connectivity index (χ0v) is 10.5. The van der Waals surface area contributed by atoms with E-state index in [4.69, 9.17) is 4.74 Å². The van der Waals surface area contributed by atoms with Crippen LogP contribution in [0, 0.1) is 5.92 Å². The van der Waals surface area contributed by atoms with Gasteiger partial charge >= 0.3 is 5.97 Å². The quantitative estimate of drug-likeness (QED) is 0.534. The van der Waals surface area contributed by atoms with E-state index < -0.39 is 0 Å². The SMILES string of the molecule is COC(=O)C1C(C)=CC(C)=CC1(C)Br. The second kappa shape index (κ2) is 3.89. The molecule has 0 aromatic carbocycles. The van der Waals surface area contributed by atoms with E-state index in [1.54, 1.807) is 0 Å². The summed E-state index contributed by atoms with van der Waals surface area (Å²) < 4.78 is 4.46. The molecule has 2 atom stereocenters. The number of hydrogen-bond acceptors (Lipinski definition) is 2. The Morgan fingerprint density at radius 2 is 2.14 bits per heavy atom. The molecule has 0 aromatic rings. The monoisotopic (exact) mass is 258 g/mol. The van der Waals surface area contributed by atoms with Crippen molar-refractivity contribution in [2.75, 3.05) is 7.11 Å². The number of carbonyl (C=O) groups excluding carboxylic acids is 1. The lowest BCUT2D eigenvalue weighted by Crippen LogP contribution is -2.36. The Hall–Kier alpha value is -0.570. The van der Waals surface area contributed by atoms with Crippen molar-refractivity contribution in [3.8, 4) is 0 Å². The number of allylic oxidation sites excluding steroid dienone is 3. The van der Waals surface area contributed by atoms with E-state index in [0.717, 1.165) is 5.57 Å². The molecule has 3 heteroatoms. The van der Waals surface area contributed by atoms with Gasteiger partial charge in [-0.05, 0) is 20.8 Å². The fraction of sp³-hybridized carbons (Fsp3) is 0.545. The van der Waals surface area contributed by atoms with Gasteiger partial charge in [-0.2, -0.15) is 0 Å². The van der Waals surface area contributed by atoms with Gasteiger partial charge in [0.15, 0.2) is 0 Å². The third kappa shape index (κ3) is 2.08. The molecule has 78 valence electrons. The first-order valence-electron chi connectivity index (χ1n) is 4.53. The first-order valence-corrected chi connectivity index (χ1v) is 5.32. The van der Waals surface area contributed by atoms with E-state index in [1.165, 1.54) is 12.7 Å². The highest BCUT2D eigenvalue weighted by atomic mass is 79.9. The Morgan fingerprint density at radius 3 is 2.57 bits per heavy atom. The summed E-state index contributed by atoms with van der Waals surface area (Å²) in [4.78, 5) is 11.6. The smallest absolute Gasteiger partial charge is 0.314 e. The average molecular weight is 259 g/mol. The molecule has 1 aliphatic rings. The lowest BCUT2D eigenvalue weighted by atomic mass is 9.81. The van der Waals surface area contributed by atoms with Crippen LogP contribution >= 0.6 is 15.9 Å². The van der Waals surface area contributed by atoms with Crippen LogP contribution in [0.5, 0.6) is 0 Å². The molecule has 0 aromatic heterocycles. The highest BCUT2D eigenvalue weighted by molar-refractivity contribution is 9.10. The van der Waals surface area contributed by atoms with Gasteiger partial charge in [-0.1, -0.05) is 39.2 Å². The Morgan fingerprint density at radius 1 is 1.57 bits per heavy atom. The second-order valence-corrected chi connectivity index (χ2v) is 5.59. The topological polar surface area (TPSA) is 26.3 Å². The summed E-state index contributed by atoms with van der Waals surface area (Å²) in [6.07, 6.45) is 4.06. The number of halogens is 1. The van der Waals surface area contributed by atoms with Crippen molar-refractivity contribution in [2.45, 2.75) is 25.1 Å². The van der Waals surface area contributed by atoms with Crippen molar-refractivity contribution in [1.29, 1.82) is 0 Å². The first-order chi connectivity index (χ1) is 6.38. The number of hydrogen-bond donors (Lipinski definition) is 0. The average Bonchev–Trinajstić information content (AvgIpc) is 1.99. The summed E-state index contributed by atoms with van der Waals surface area (Å²) >= 11 is 3.56. The number of esters is 1. The van der Waals surface area contributed by atoms with E-state index >= 15 is 0 Å². The third-order valence-corrected chi connectivity index (χ3v) is 3.11. The minimum Gasteiger partial charge on any atom is -0.469 e. The van der Waals surface area contributed by atoms with Crippen LogP contribution in [-0.2, 0) is 9.53 Å². The molecule has 0 saturated carbocycles. The predicted molar refractivity (Wildman–Crippen MR) is 60.4 cm³/mol. The fourth-order valence-corrected chi connectivity index (χ4v) is 2.90. The highest BCUT2D eigenvalue weighted by Gasteiger charge is 2.39. The van der Waals surface area contributed by atoms with Crippen molar-refractivity contribution < 1.29 is 9.53 Å². The van der Waals surface area contributed by atoms with E-state index in [1.807, 2.05) is 32.9 Å². The van der Waals surface area contributed by atoms with Crippen LogP contribution in [0.15, 0.2) is 23.3 Å². The van der Waals surface area contributed by atoms with E-state index in [9.17, 15) is 4.79 Å².